The van der Waals surface area contributed by atoms with Crippen LogP contribution >= 0.6 is 0 Å². The van der Waals surface area contributed by atoms with Crippen LogP contribution in [0.3, 0.4) is 0 Å². The highest BCUT2D eigenvalue weighted by Gasteiger charge is 2.35. The fourth-order valence-corrected chi connectivity index (χ4v) is 3.18. The molecule has 120 valence electrons. The topological polar surface area (TPSA) is 33.1 Å². The van der Waals surface area contributed by atoms with E-state index in [9.17, 15) is 0 Å². The first-order valence-corrected chi connectivity index (χ1v) is 8.39. The summed E-state index contributed by atoms with van der Waals surface area (Å²) in [6.07, 6.45) is 1.23. The van der Waals surface area contributed by atoms with E-state index >= 15 is 0 Å². The van der Waals surface area contributed by atoms with Crippen LogP contribution in [-0.4, -0.2) is 39.4 Å². The predicted octanol–water partition coefficient (Wildman–Crippen LogP) is 2.81. The van der Waals surface area contributed by atoms with Crippen LogP contribution in [0.4, 0.5) is 0 Å². The third-order valence-corrected chi connectivity index (χ3v) is 5.04. The lowest BCUT2D eigenvalue weighted by Gasteiger charge is -2.47. The number of piperazine rings is 1. The molecule has 2 unspecified atom stereocenters. The van der Waals surface area contributed by atoms with E-state index in [0.717, 1.165) is 37.8 Å². The van der Waals surface area contributed by atoms with Crippen LogP contribution in [0.2, 0.25) is 0 Å². The van der Waals surface area contributed by atoms with Gasteiger partial charge in [-0.3, -0.25) is 9.58 Å². The van der Waals surface area contributed by atoms with Crippen molar-refractivity contribution < 1.29 is 0 Å². The molecule has 2 rings (SSSR count). The highest BCUT2D eigenvalue weighted by molar-refractivity contribution is 5.10. The van der Waals surface area contributed by atoms with Crippen molar-refractivity contribution in [2.75, 3.05) is 13.1 Å². The van der Waals surface area contributed by atoms with Crippen LogP contribution in [0.15, 0.2) is 6.07 Å². The standard InChI is InChI=1S/C17H32N4/c1-7-13(3)16-11-20(17(5,6)12-18-16)10-15-9-14(4)19-21(15)8-2/h9,13,16,18H,7-8,10-12H2,1-6H3. The first-order chi connectivity index (χ1) is 9.87. The molecule has 1 aliphatic rings. The normalized spacial score (nSPS) is 24.2. The molecule has 0 aliphatic carbocycles. The van der Waals surface area contributed by atoms with Gasteiger partial charge in [-0.25, -0.2) is 0 Å². The summed E-state index contributed by atoms with van der Waals surface area (Å²) in [4.78, 5) is 2.63. The van der Waals surface area contributed by atoms with Gasteiger partial charge in [0.05, 0.1) is 11.4 Å². The lowest BCUT2D eigenvalue weighted by atomic mass is 9.90. The highest BCUT2D eigenvalue weighted by atomic mass is 15.3. The zero-order valence-electron chi connectivity index (χ0n) is 14.6. The molecule has 0 radical (unpaired) electrons. The fraction of sp³-hybridized carbons (Fsp3) is 0.824. The maximum Gasteiger partial charge on any atom is 0.0597 e. The second-order valence-corrected chi connectivity index (χ2v) is 7.16. The molecule has 1 fully saturated rings. The van der Waals surface area contributed by atoms with Gasteiger partial charge < -0.3 is 5.32 Å². The van der Waals surface area contributed by atoms with Crippen molar-refractivity contribution in [1.29, 1.82) is 0 Å². The number of aromatic nitrogens is 2. The summed E-state index contributed by atoms with van der Waals surface area (Å²) in [6.45, 7) is 17.7. The Hall–Kier alpha value is -0.870. The second-order valence-electron chi connectivity index (χ2n) is 7.16. The van der Waals surface area contributed by atoms with Crippen molar-refractivity contribution in [2.24, 2.45) is 5.92 Å². The Morgan fingerprint density at radius 2 is 2.14 bits per heavy atom. The summed E-state index contributed by atoms with van der Waals surface area (Å²) in [5, 5.41) is 8.33. The molecule has 2 atom stereocenters. The van der Waals surface area contributed by atoms with Gasteiger partial charge in [0.25, 0.3) is 0 Å². The Bertz CT molecular complexity index is 463. The molecular weight excluding hydrogens is 260 g/mol. The first-order valence-electron chi connectivity index (χ1n) is 8.39. The molecule has 1 N–H and O–H groups in total. The number of hydrogen-bond acceptors (Lipinski definition) is 3. The predicted molar refractivity (Wildman–Crippen MR) is 88.4 cm³/mol. The molecule has 1 aromatic heterocycles. The Morgan fingerprint density at radius 3 is 2.76 bits per heavy atom. The minimum Gasteiger partial charge on any atom is -0.311 e. The molecule has 0 spiro atoms. The number of nitrogens with zero attached hydrogens (tertiary/aromatic N) is 3. The van der Waals surface area contributed by atoms with Crippen molar-refractivity contribution in [3.8, 4) is 0 Å². The summed E-state index contributed by atoms with van der Waals surface area (Å²) >= 11 is 0. The zero-order valence-corrected chi connectivity index (χ0v) is 14.6. The molecule has 21 heavy (non-hydrogen) atoms. The average Bonchev–Trinajstić information content (AvgIpc) is 2.80. The highest BCUT2D eigenvalue weighted by Crippen LogP contribution is 2.24. The maximum atomic E-state index is 4.59. The van der Waals surface area contributed by atoms with E-state index in [4.69, 9.17) is 0 Å². The van der Waals surface area contributed by atoms with Crippen LogP contribution < -0.4 is 5.32 Å². The molecule has 1 aromatic rings. The van der Waals surface area contributed by atoms with E-state index in [1.54, 1.807) is 0 Å². The van der Waals surface area contributed by atoms with Crippen LogP contribution in [0, 0.1) is 12.8 Å². The van der Waals surface area contributed by atoms with Crippen molar-refractivity contribution in [2.45, 2.75) is 72.6 Å². The Kier molecular flexibility index (Phi) is 5.10. The van der Waals surface area contributed by atoms with Gasteiger partial charge in [-0.2, -0.15) is 5.10 Å². The summed E-state index contributed by atoms with van der Waals surface area (Å²) in [7, 11) is 0. The molecule has 2 heterocycles. The van der Waals surface area contributed by atoms with E-state index in [1.165, 1.54) is 12.1 Å². The third kappa shape index (κ3) is 3.67. The van der Waals surface area contributed by atoms with Crippen molar-refractivity contribution >= 4 is 0 Å². The van der Waals surface area contributed by atoms with Crippen LogP contribution in [0.25, 0.3) is 0 Å². The second kappa shape index (κ2) is 6.49. The van der Waals surface area contributed by atoms with Crippen molar-refractivity contribution in [3.05, 3.63) is 17.5 Å². The summed E-state index contributed by atoms with van der Waals surface area (Å²) < 4.78 is 2.14. The Balaban J connectivity index is 2.14. The van der Waals surface area contributed by atoms with Crippen molar-refractivity contribution in [1.82, 2.24) is 20.0 Å². The minimum atomic E-state index is 0.195. The third-order valence-electron chi connectivity index (χ3n) is 5.04. The summed E-state index contributed by atoms with van der Waals surface area (Å²) in [5.74, 6) is 0.724. The van der Waals surface area contributed by atoms with E-state index in [0.29, 0.717) is 6.04 Å². The molecule has 0 aromatic carbocycles. The smallest absolute Gasteiger partial charge is 0.0597 e. The molecule has 0 saturated carbocycles. The van der Waals surface area contributed by atoms with Gasteiger partial charge in [0.15, 0.2) is 0 Å². The zero-order chi connectivity index (χ0) is 15.6. The number of aryl methyl sites for hydroxylation is 2. The van der Waals surface area contributed by atoms with Crippen LogP contribution in [0.5, 0.6) is 0 Å². The summed E-state index contributed by atoms with van der Waals surface area (Å²) in [6, 6.07) is 2.84. The van der Waals surface area contributed by atoms with Gasteiger partial charge >= 0.3 is 0 Å². The fourth-order valence-electron chi connectivity index (χ4n) is 3.18. The van der Waals surface area contributed by atoms with E-state index in [2.05, 4.69) is 67.6 Å². The number of rotatable bonds is 5. The molecule has 1 saturated heterocycles. The minimum absolute atomic E-state index is 0.195. The molecule has 1 aliphatic heterocycles. The lowest BCUT2D eigenvalue weighted by molar-refractivity contribution is 0.0427. The quantitative estimate of drug-likeness (QED) is 0.906. The first kappa shape index (κ1) is 16.5. The molecule has 4 heteroatoms. The Morgan fingerprint density at radius 1 is 1.43 bits per heavy atom. The lowest BCUT2D eigenvalue weighted by Crippen LogP contribution is -2.62. The van der Waals surface area contributed by atoms with Gasteiger partial charge in [-0.15, -0.1) is 0 Å². The van der Waals surface area contributed by atoms with Gasteiger partial charge in [0.2, 0.25) is 0 Å². The maximum absolute atomic E-state index is 4.59. The average molecular weight is 292 g/mol. The van der Waals surface area contributed by atoms with Crippen molar-refractivity contribution in [3.63, 3.8) is 0 Å². The molecule has 4 nitrogen and oxygen atoms in total. The molecule has 0 amide bonds. The summed E-state index contributed by atoms with van der Waals surface area (Å²) in [5.41, 5.74) is 2.66. The number of hydrogen-bond donors (Lipinski definition) is 1. The van der Waals surface area contributed by atoms with E-state index < -0.39 is 0 Å². The largest absolute Gasteiger partial charge is 0.311 e. The van der Waals surface area contributed by atoms with E-state index in [1.807, 2.05) is 0 Å². The van der Waals surface area contributed by atoms with Crippen LogP contribution in [0.1, 0.15) is 52.4 Å². The monoisotopic (exact) mass is 292 g/mol. The van der Waals surface area contributed by atoms with Gasteiger partial charge in [0.1, 0.15) is 0 Å². The van der Waals surface area contributed by atoms with Gasteiger partial charge in [0, 0.05) is 37.8 Å². The SMILES string of the molecule is CCC(C)C1CN(Cc2cc(C)nn2CC)C(C)(C)CN1. The molecular formula is C17H32N4. The van der Waals surface area contributed by atoms with Gasteiger partial charge in [-0.1, -0.05) is 20.3 Å². The number of nitrogens with one attached hydrogen (secondary N) is 1. The van der Waals surface area contributed by atoms with E-state index in [-0.39, 0.29) is 5.54 Å². The Labute approximate surface area is 129 Å². The van der Waals surface area contributed by atoms with Crippen LogP contribution in [-0.2, 0) is 13.1 Å². The van der Waals surface area contributed by atoms with Gasteiger partial charge in [-0.05, 0) is 39.7 Å². The molecule has 0 bridgehead atoms.